The molecular weight excluding hydrogens is 196 g/mol. The number of pyridine rings is 1. The predicted molar refractivity (Wildman–Crippen MR) is 50.7 cm³/mol. The van der Waals surface area contributed by atoms with Crippen LogP contribution >= 0.6 is 0 Å². The lowest BCUT2D eigenvalue weighted by molar-refractivity contribution is 0.0696. The second-order valence-corrected chi connectivity index (χ2v) is 3.68. The fourth-order valence-electron chi connectivity index (χ4n) is 1.46. The summed E-state index contributed by atoms with van der Waals surface area (Å²) in [7, 11) is 0. The lowest BCUT2D eigenvalue weighted by Gasteiger charge is -1.90. The highest BCUT2D eigenvalue weighted by Crippen LogP contribution is 2.40. The first-order valence-electron chi connectivity index (χ1n) is 4.74. The number of carbonyl (C=O) groups is 1. The molecule has 0 radical (unpaired) electrons. The van der Waals surface area contributed by atoms with E-state index < -0.39 is 5.97 Å². The maximum absolute atomic E-state index is 10.7. The van der Waals surface area contributed by atoms with Crippen molar-refractivity contribution in [2.75, 3.05) is 0 Å². The van der Waals surface area contributed by atoms with Gasteiger partial charge in [-0.1, -0.05) is 0 Å². The lowest BCUT2D eigenvalue weighted by atomic mass is 10.3. The molecule has 0 bridgehead atoms. The fraction of sp³-hybridized carbons (Fsp3) is 0.300. The summed E-state index contributed by atoms with van der Waals surface area (Å²) in [6.07, 6.45) is 3.48. The Hall–Kier alpha value is -1.91. The second-order valence-electron chi connectivity index (χ2n) is 3.68. The Morgan fingerprint density at radius 2 is 2.33 bits per heavy atom. The number of carboxylic acid groups (broad SMARTS) is 1. The molecule has 2 heterocycles. The molecule has 1 saturated carbocycles. The van der Waals surface area contributed by atoms with Gasteiger partial charge in [0.1, 0.15) is 5.52 Å². The maximum atomic E-state index is 10.7. The van der Waals surface area contributed by atoms with Gasteiger partial charge in [-0.05, 0) is 18.9 Å². The van der Waals surface area contributed by atoms with Crippen LogP contribution in [0.15, 0.2) is 16.7 Å². The molecule has 1 fully saturated rings. The number of nitrogens with zero attached hydrogens (tertiary/aromatic N) is 2. The van der Waals surface area contributed by atoms with Gasteiger partial charge >= 0.3 is 5.97 Å². The van der Waals surface area contributed by atoms with Crippen LogP contribution in [0.1, 0.15) is 35.0 Å². The summed E-state index contributed by atoms with van der Waals surface area (Å²) < 4.78 is 5.41. The quantitative estimate of drug-likeness (QED) is 0.807. The van der Waals surface area contributed by atoms with E-state index in [4.69, 9.17) is 9.52 Å². The van der Waals surface area contributed by atoms with E-state index in [2.05, 4.69) is 9.97 Å². The number of oxazole rings is 1. The van der Waals surface area contributed by atoms with E-state index in [1.807, 2.05) is 0 Å². The first-order valence-corrected chi connectivity index (χ1v) is 4.74. The zero-order valence-electron chi connectivity index (χ0n) is 7.80. The van der Waals surface area contributed by atoms with E-state index in [9.17, 15) is 4.79 Å². The van der Waals surface area contributed by atoms with Crippen LogP contribution in [0.4, 0.5) is 0 Å². The van der Waals surface area contributed by atoms with E-state index >= 15 is 0 Å². The van der Waals surface area contributed by atoms with E-state index in [0.717, 1.165) is 12.8 Å². The van der Waals surface area contributed by atoms with Gasteiger partial charge in [-0.3, -0.25) is 0 Å². The summed E-state index contributed by atoms with van der Waals surface area (Å²) in [5.74, 6) is 0.0906. The Balaban J connectivity index is 2.13. The van der Waals surface area contributed by atoms with E-state index in [1.165, 1.54) is 12.3 Å². The number of hydrogen-bond donors (Lipinski definition) is 1. The van der Waals surface area contributed by atoms with Crippen LogP contribution in [0.5, 0.6) is 0 Å². The lowest BCUT2D eigenvalue weighted by Crippen LogP contribution is -1.96. The van der Waals surface area contributed by atoms with Gasteiger partial charge < -0.3 is 9.52 Å². The van der Waals surface area contributed by atoms with Crippen molar-refractivity contribution in [3.8, 4) is 0 Å². The van der Waals surface area contributed by atoms with Crippen molar-refractivity contribution in [3.63, 3.8) is 0 Å². The van der Waals surface area contributed by atoms with Gasteiger partial charge in [-0.25, -0.2) is 14.8 Å². The normalized spacial score (nSPS) is 15.7. The van der Waals surface area contributed by atoms with E-state index in [1.54, 1.807) is 0 Å². The number of fused-ring (bicyclic) bond motifs is 1. The third-order valence-electron chi connectivity index (χ3n) is 2.44. The molecule has 1 N–H and O–H groups in total. The SMILES string of the molecule is O=C(O)c1cnc2oc(C3CC3)nc2c1. The number of rotatable bonds is 2. The summed E-state index contributed by atoms with van der Waals surface area (Å²) in [5.41, 5.74) is 1.08. The molecule has 0 amide bonds. The number of carboxylic acids is 1. The van der Waals surface area contributed by atoms with Gasteiger partial charge in [0.05, 0.1) is 5.56 Å². The highest BCUT2D eigenvalue weighted by molar-refractivity contribution is 5.90. The molecule has 1 aliphatic rings. The smallest absolute Gasteiger partial charge is 0.337 e. The highest BCUT2D eigenvalue weighted by Gasteiger charge is 2.29. The number of hydrogen-bond acceptors (Lipinski definition) is 4. The zero-order valence-corrected chi connectivity index (χ0v) is 7.80. The van der Waals surface area contributed by atoms with Crippen molar-refractivity contribution in [2.24, 2.45) is 0 Å². The van der Waals surface area contributed by atoms with Crippen LogP contribution in [0.3, 0.4) is 0 Å². The molecule has 3 rings (SSSR count). The van der Waals surface area contributed by atoms with Crippen molar-refractivity contribution in [2.45, 2.75) is 18.8 Å². The van der Waals surface area contributed by atoms with Crippen molar-refractivity contribution >= 4 is 17.2 Å². The van der Waals surface area contributed by atoms with Crippen LogP contribution in [0.2, 0.25) is 0 Å². The summed E-state index contributed by atoms with van der Waals surface area (Å²) in [6.45, 7) is 0. The first kappa shape index (κ1) is 8.40. The van der Waals surface area contributed by atoms with Crippen LogP contribution in [-0.2, 0) is 0 Å². The standard InChI is InChI=1S/C10H8N2O3/c13-10(14)6-3-7-9(11-4-6)15-8(12-7)5-1-2-5/h3-5H,1-2H2,(H,13,14). The molecule has 1 aliphatic carbocycles. The van der Waals surface area contributed by atoms with Crippen LogP contribution in [-0.4, -0.2) is 21.0 Å². The molecule has 15 heavy (non-hydrogen) atoms. The summed E-state index contributed by atoms with van der Waals surface area (Å²) in [4.78, 5) is 18.8. The second kappa shape index (κ2) is 2.79. The highest BCUT2D eigenvalue weighted by atomic mass is 16.4. The molecule has 0 unspecified atom stereocenters. The first-order chi connectivity index (χ1) is 7.24. The van der Waals surface area contributed by atoms with Crippen molar-refractivity contribution < 1.29 is 14.3 Å². The van der Waals surface area contributed by atoms with Gasteiger partial charge in [-0.15, -0.1) is 0 Å². The minimum atomic E-state index is -1.000. The molecule has 0 spiro atoms. The summed E-state index contributed by atoms with van der Waals surface area (Å²) in [6, 6.07) is 1.49. The monoisotopic (exact) mass is 204 g/mol. The Morgan fingerprint density at radius 3 is 3.00 bits per heavy atom. The predicted octanol–water partition coefficient (Wildman–Crippen LogP) is 1.80. The molecule has 0 atom stereocenters. The minimum Gasteiger partial charge on any atom is -0.478 e. The Labute approximate surface area is 84.8 Å². The minimum absolute atomic E-state index is 0.137. The molecule has 5 heteroatoms. The van der Waals surface area contributed by atoms with Crippen molar-refractivity contribution in [3.05, 3.63) is 23.7 Å². The van der Waals surface area contributed by atoms with Gasteiger partial charge in [-0.2, -0.15) is 0 Å². The van der Waals surface area contributed by atoms with Crippen LogP contribution in [0.25, 0.3) is 11.2 Å². The van der Waals surface area contributed by atoms with E-state index in [0.29, 0.717) is 23.0 Å². The van der Waals surface area contributed by atoms with Crippen molar-refractivity contribution in [1.82, 2.24) is 9.97 Å². The maximum Gasteiger partial charge on any atom is 0.337 e. The average molecular weight is 204 g/mol. The fourth-order valence-corrected chi connectivity index (χ4v) is 1.46. The molecule has 2 aromatic heterocycles. The molecule has 0 aliphatic heterocycles. The third kappa shape index (κ3) is 1.36. The molecule has 2 aromatic rings. The number of aromatic nitrogens is 2. The summed E-state index contributed by atoms with van der Waals surface area (Å²) in [5, 5.41) is 8.77. The Morgan fingerprint density at radius 1 is 1.53 bits per heavy atom. The largest absolute Gasteiger partial charge is 0.478 e. The molecule has 76 valence electrons. The van der Waals surface area contributed by atoms with Crippen LogP contribution < -0.4 is 0 Å². The zero-order chi connectivity index (χ0) is 10.4. The van der Waals surface area contributed by atoms with Gasteiger partial charge in [0, 0.05) is 12.1 Å². The molecule has 0 saturated heterocycles. The van der Waals surface area contributed by atoms with Crippen LogP contribution in [0, 0.1) is 0 Å². The number of aromatic carboxylic acids is 1. The van der Waals surface area contributed by atoms with E-state index in [-0.39, 0.29) is 5.56 Å². The average Bonchev–Trinajstić information content (AvgIpc) is 2.97. The molecule has 0 aromatic carbocycles. The Kier molecular flexibility index (Phi) is 1.56. The van der Waals surface area contributed by atoms with Gasteiger partial charge in [0.2, 0.25) is 11.6 Å². The molecular formula is C10H8N2O3. The Bertz CT molecular complexity index is 543. The third-order valence-corrected chi connectivity index (χ3v) is 2.44. The van der Waals surface area contributed by atoms with Gasteiger partial charge in [0.15, 0.2) is 0 Å². The van der Waals surface area contributed by atoms with Crippen molar-refractivity contribution in [1.29, 1.82) is 0 Å². The topological polar surface area (TPSA) is 76.2 Å². The summed E-state index contributed by atoms with van der Waals surface area (Å²) >= 11 is 0. The van der Waals surface area contributed by atoms with Gasteiger partial charge in [0.25, 0.3) is 0 Å². The molecule has 5 nitrogen and oxygen atoms in total.